The minimum absolute atomic E-state index is 0.468. The zero-order chi connectivity index (χ0) is 16.5. The van der Waals surface area contributed by atoms with Crippen LogP contribution in [0.2, 0.25) is 0 Å². The molecule has 24 heavy (non-hydrogen) atoms. The first-order valence-electron chi connectivity index (χ1n) is 8.42. The molecule has 5 heteroatoms. The highest BCUT2D eigenvalue weighted by atomic mass is 16.5. The minimum atomic E-state index is 0.468. The number of benzene rings is 1. The monoisotopic (exact) mass is 322 g/mol. The molecule has 1 N–H and O–H groups in total. The van der Waals surface area contributed by atoms with Gasteiger partial charge in [-0.2, -0.15) is 0 Å². The SMILES string of the molecule is COc1ccccc1-c1cc2nc(C3CCN(C)CC3)ncc2[nH]1. The Balaban J connectivity index is 1.69. The molecule has 4 rings (SSSR count). The van der Waals surface area contributed by atoms with Crippen molar-refractivity contribution in [1.29, 1.82) is 0 Å². The van der Waals surface area contributed by atoms with Gasteiger partial charge in [0.1, 0.15) is 11.6 Å². The lowest BCUT2D eigenvalue weighted by molar-refractivity contribution is 0.251. The molecular formula is C19H22N4O. The van der Waals surface area contributed by atoms with E-state index in [4.69, 9.17) is 9.72 Å². The Hall–Kier alpha value is -2.40. The van der Waals surface area contributed by atoms with Crippen molar-refractivity contribution in [2.45, 2.75) is 18.8 Å². The summed E-state index contributed by atoms with van der Waals surface area (Å²) in [5, 5.41) is 0. The highest BCUT2D eigenvalue weighted by Gasteiger charge is 2.21. The molecule has 1 saturated heterocycles. The average molecular weight is 322 g/mol. The number of piperidine rings is 1. The third kappa shape index (κ3) is 2.76. The topological polar surface area (TPSA) is 54.0 Å². The van der Waals surface area contributed by atoms with Crippen molar-refractivity contribution < 1.29 is 4.74 Å². The van der Waals surface area contributed by atoms with E-state index in [1.807, 2.05) is 24.4 Å². The lowest BCUT2D eigenvalue weighted by atomic mass is 9.96. The molecule has 0 amide bonds. The summed E-state index contributed by atoms with van der Waals surface area (Å²) in [5.41, 5.74) is 3.99. The maximum Gasteiger partial charge on any atom is 0.132 e. The second-order valence-corrected chi connectivity index (χ2v) is 6.49. The molecule has 3 aromatic rings. The van der Waals surface area contributed by atoms with Gasteiger partial charge in [0, 0.05) is 11.5 Å². The molecule has 0 radical (unpaired) electrons. The van der Waals surface area contributed by atoms with E-state index in [2.05, 4.69) is 34.0 Å². The standard InChI is InChI=1S/C19H22N4O/c1-23-9-7-13(8-10-23)19-20-12-17-16(22-19)11-15(21-17)14-5-3-4-6-18(14)24-2/h3-6,11-13,21H,7-10H2,1-2H3. The van der Waals surface area contributed by atoms with Crippen LogP contribution in [0.25, 0.3) is 22.3 Å². The molecule has 0 aliphatic carbocycles. The highest BCUT2D eigenvalue weighted by molar-refractivity contribution is 5.83. The Kier molecular flexibility index (Phi) is 3.94. The van der Waals surface area contributed by atoms with Crippen LogP contribution in [-0.2, 0) is 0 Å². The number of nitrogens with zero attached hydrogens (tertiary/aromatic N) is 3. The van der Waals surface area contributed by atoms with E-state index in [1.165, 1.54) is 0 Å². The molecule has 5 nitrogen and oxygen atoms in total. The van der Waals surface area contributed by atoms with Gasteiger partial charge in [-0.25, -0.2) is 9.97 Å². The lowest BCUT2D eigenvalue weighted by Gasteiger charge is -2.27. The average Bonchev–Trinajstić information content (AvgIpc) is 3.05. The number of nitrogens with one attached hydrogen (secondary N) is 1. The molecule has 0 unspecified atom stereocenters. The molecule has 0 saturated carbocycles. The van der Waals surface area contributed by atoms with Gasteiger partial charge in [-0.3, -0.25) is 0 Å². The van der Waals surface area contributed by atoms with E-state index in [0.29, 0.717) is 5.92 Å². The van der Waals surface area contributed by atoms with Gasteiger partial charge in [-0.05, 0) is 51.2 Å². The predicted octanol–water partition coefficient (Wildman–Crippen LogP) is 3.44. The van der Waals surface area contributed by atoms with Gasteiger partial charge in [-0.1, -0.05) is 12.1 Å². The van der Waals surface area contributed by atoms with Crippen molar-refractivity contribution in [2.75, 3.05) is 27.2 Å². The summed E-state index contributed by atoms with van der Waals surface area (Å²) < 4.78 is 5.46. The van der Waals surface area contributed by atoms with Crippen LogP contribution >= 0.6 is 0 Å². The summed E-state index contributed by atoms with van der Waals surface area (Å²) in [6, 6.07) is 10.1. The Labute approximate surface area is 141 Å². The first-order valence-corrected chi connectivity index (χ1v) is 8.42. The molecular weight excluding hydrogens is 300 g/mol. The van der Waals surface area contributed by atoms with Crippen LogP contribution in [-0.4, -0.2) is 47.1 Å². The summed E-state index contributed by atoms with van der Waals surface area (Å²) in [4.78, 5) is 15.2. The van der Waals surface area contributed by atoms with Crippen LogP contribution in [0.4, 0.5) is 0 Å². The zero-order valence-corrected chi connectivity index (χ0v) is 14.1. The molecule has 0 bridgehead atoms. The van der Waals surface area contributed by atoms with Gasteiger partial charge in [-0.15, -0.1) is 0 Å². The molecule has 124 valence electrons. The number of rotatable bonds is 3. The summed E-state index contributed by atoms with van der Waals surface area (Å²) in [6.07, 6.45) is 4.17. The van der Waals surface area contributed by atoms with Crippen LogP contribution in [0.15, 0.2) is 36.5 Å². The number of hydrogen-bond acceptors (Lipinski definition) is 4. The normalized spacial score (nSPS) is 16.6. The largest absolute Gasteiger partial charge is 0.496 e. The number of H-pyrrole nitrogens is 1. The summed E-state index contributed by atoms with van der Waals surface area (Å²) in [5.74, 6) is 2.30. The van der Waals surface area contributed by atoms with Gasteiger partial charge < -0.3 is 14.6 Å². The summed E-state index contributed by atoms with van der Waals surface area (Å²) >= 11 is 0. The first-order chi connectivity index (χ1) is 11.7. The maximum atomic E-state index is 5.46. The molecule has 2 aromatic heterocycles. The van der Waals surface area contributed by atoms with Crippen LogP contribution in [0.5, 0.6) is 5.75 Å². The van der Waals surface area contributed by atoms with Crippen molar-refractivity contribution in [3.63, 3.8) is 0 Å². The predicted molar refractivity (Wildman–Crippen MR) is 95.3 cm³/mol. The van der Waals surface area contributed by atoms with E-state index < -0.39 is 0 Å². The number of ether oxygens (including phenoxy) is 1. The quantitative estimate of drug-likeness (QED) is 0.802. The molecule has 1 aromatic carbocycles. The summed E-state index contributed by atoms with van der Waals surface area (Å²) in [7, 11) is 3.87. The molecule has 1 aliphatic rings. The number of fused-ring (bicyclic) bond motifs is 1. The second-order valence-electron chi connectivity index (χ2n) is 6.49. The van der Waals surface area contributed by atoms with E-state index in [9.17, 15) is 0 Å². The molecule has 0 atom stereocenters. The van der Waals surface area contributed by atoms with Gasteiger partial charge in [0.15, 0.2) is 0 Å². The van der Waals surface area contributed by atoms with Crippen LogP contribution in [0, 0.1) is 0 Å². The fraction of sp³-hybridized carbons (Fsp3) is 0.368. The number of para-hydroxylation sites is 1. The zero-order valence-electron chi connectivity index (χ0n) is 14.1. The van der Waals surface area contributed by atoms with Crippen molar-refractivity contribution in [1.82, 2.24) is 19.9 Å². The molecule has 1 aliphatic heterocycles. The lowest BCUT2D eigenvalue weighted by Crippen LogP contribution is -2.29. The summed E-state index contributed by atoms with van der Waals surface area (Å²) in [6.45, 7) is 2.23. The van der Waals surface area contributed by atoms with Crippen molar-refractivity contribution >= 4 is 11.0 Å². The first kappa shape index (κ1) is 15.1. The number of hydrogen-bond donors (Lipinski definition) is 1. The van der Waals surface area contributed by atoms with Gasteiger partial charge >= 0.3 is 0 Å². The van der Waals surface area contributed by atoms with E-state index in [1.54, 1.807) is 7.11 Å². The smallest absolute Gasteiger partial charge is 0.132 e. The number of likely N-dealkylation sites (tertiary alicyclic amines) is 1. The number of aromatic amines is 1. The Morgan fingerprint density at radius 2 is 2.00 bits per heavy atom. The molecule has 1 fully saturated rings. The van der Waals surface area contributed by atoms with Crippen molar-refractivity contribution in [2.24, 2.45) is 0 Å². The third-order valence-electron chi connectivity index (χ3n) is 4.87. The Bertz CT molecular complexity index is 849. The van der Waals surface area contributed by atoms with E-state index in [-0.39, 0.29) is 0 Å². The van der Waals surface area contributed by atoms with Gasteiger partial charge in [0.05, 0.1) is 30.0 Å². The van der Waals surface area contributed by atoms with E-state index >= 15 is 0 Å². The fourth-order valence-electron chi connectivity index (χ4n) is 3.41. The minimum Gasteiger partial charge on any atom is -0.496 e. The number of aromatic nitrogens is 3. The maximum absolute atomic E-state index is 5.46. The fourth-order valence-corrected chi connectivity index (χ4v) is 3.41. The van der Waals surface area contributed by atoms with E-state index in [0.717, 1.165) is 59.8 Å². The number of methoxy groups -OCH3 is 1. The van der Waals surface area contributed by atoms with Crippen LogP contribution < -0.4 is 4.74 Å². The van der Waals surface area contributed by atoms with Gasteiger partial charge in [0.2, 0.25) is 0 Å². The van der Waals surface area contributed by atoms with Crippen LogP contribution in [0.1, 0.15) is 24.6 Å². The Morgan fingerprint density at radius 3 is 2.79 bits per heavy atom. The third-order valence-corrected chi connectivity index (χ3v) is 4.87. The molecule has 0 spiro atoms. The van der Waals surface area contributed by atoms with Crippen molar-refractivity contribution in [3.05, 3.63) is 42.4 Å². The second kappa shape index (κ2) is 6.24. The van der Waals surface area contributed by atoms with Gasteiger partial charge in [0.25, 0.3) is 0 Å². The Morgan fingerprint density at radius 1 is 1.21 bits per heavy atom. The van der Waals surface area contributed by atoms with Crippen LogP contribution in [0.3, 0.4) is 0 Å². The molecule has 3 heterocycles. The highest BCUT2D eigenvalue weighted by Crippen LogP contribution is 2.32. The van der Waals surface area contributed by atoms with Crippen molar-refractivity contribution in [3.8, 4) is 17.0 Å².